The number of aromatic nitrogens is 3. The van der Waals surface area contributed by atoms with E-state index in [2.05, 4.69) is 5.32 Å². The summed E-state index contributed by atoms with van der Waals surface area (Å²) in [7, 11) is 1.91. The van der Waals surface area contributed by atoms with Crippen LogP contribution in [0.15, 0.2) is 85.1 Å². The first-order valence-corrected chi connectivity index (χ1v) is 13.0. The zero-order chi connectivity index (χ0) is 28.2. The molecule has 6 rings (SSSR count). The molecule has 0 unspecified atom stereocenters. The highest BCUT2D eigenvalue weighted by atomic mass is 19.1. The van der Waals surface area contributed by atoms with Gasteiger partial charge in [0.05, 0.1) is 17.3 Å². The molecule has 9 heteroatoms. The molecule has 2 N–H and O–H groups in total. The van der Waals surface area contributed by atoms with Gasteiger partial charge in [0.1, 0.15) is 11.6 Å². The summed E-state index contributed by atoms with van der Waals surface area (Å²) < 4.78 is 17.6. The fourth-order valence-electron chi connectivity index (χ4n) is 5.66. The molecule has 3 heterocycles. The highest BCUT2D eigenvalue weighted by Crippen LogP contribution is 2.47. The fraction of sp³-hybridized carbons (Fsp3) is 0.194. The van der Waals surface area contributed by atoms with E-state index in [1.807, 2.05) is 60.3 Å². The maximum atomic E-state index is 14.2. The fourth-order valence-corrected chi connectivity index (χ4v) is 5.66. The summed E-state index contributed by atoms with van der Waals surface area (Å²) in [5.41, 5.74) is 1.20. The average Bonchev–Trinajstić information content (AvgIpc) is 3.50. The van der Waals surface area contributed by atoms with Gasteiger partial charge in [-0.25, -0.2) is 9.07 Å². The molecule has 40 heavy (non-hydrogen) atoms. The quantitative estimate of drug-likeness (QED) is 0.325. The Bertz CT molecular complexity index is 1760. The van der Waals surface area contributed by atoms with Crippen molar-refractivity contribution in [2.24, 2.45) is 7.05 Å². The van der Waals surface area contributed by atoms with Crippen LogP contribution in [0.3, 0.4) is 0 Å². The van der Waals surface area contributed by atoms with Gasteiger partial charge in [0.25, 0.3) is 11.8 Å². The highest BCUT2D eigenvalue weighted by molar-refractivity contribution is 6.07. The number of aryl methyl sites for hydroxylation is 2. The van der Waals surface area contributed by atoms with Crippen molar-refractivity contribution in [1.29, 1.82) is 0 Å². The van der Waals surface area contributed by atoms with Crippen LogP contribution in [0.2, 0.25) is 0 Å². The molecule has 0 saturated heterocycles. The Morgan fingerprint density at radius 1 is 1.07 bits per heavy atom. The maximum Gasteiger partial charge on any atom is 0.282 e. The second kappa shape index (κ2) is 9.46. The van der Waals surface area contributed by atoms with Crippen molar-refractivity contribution in [2.45, 2.75) is 25.5 Å². The molecule has 2 atom stereocenters. The molecule has 2 aromatic heterocycles. The minimum Gasteiger partial charge on any atom is -0.362 e. The maximum absolute atomic E-state index is 14.2. The number of aliphatic hydroxyl groups is 1. The molecule has 8 nitrogen and oxygen atoms in total. The normalized spacial score (nSPS) is 18.7. The third-order valence-electron chi connectivity index (χ3n) is 7.59. The molecule has 5 aromatic rings. The number of carbonyl (C=O) groups excluding carboxylic acids is 2. The lowest BCUT2D eigenvalue weighted by Gasteiger charge is -2.43. The zero-order valence-electron chi connectivity index (χ0n) is 22.3. The molecule has 2 amide bonds. The predicted octanol–water partition coefficient (Wildman–Crippen LogP) is 4.43. The van der Waals surface area contributed by atoms with Gasteiger partial charge < -0.3 is 15.0 Å². The summed E-state index contributed by atoms with van der Waals surface area (Å²) in [6.07, 6.45) is 1.89. The molecule has 0 spiro atoms. The van der Waals surface area contributed by atoms with Crippen molar-refractivity contribution in [1.82, 2.24) is 19.7 Å². The van der Waals surface area contributed by atoms with E-state index in [-0.39, 0.29) is 6.54 Å². The number of amides is 2. The third kappa shape index (κ3) is 3.89. The lowest BCUT2D eigenvalue weighted by atomic mass is 9.78. The molecule has 0 bridgehead atoms. The largest absolute Gasteiger partial charge is 0.362 e. The van der Waals surface area contributed by atoms with Gasteiger partial charge in [-0.3, -0.25) is 14.5 Å². The van der Waals surface area contributed by atoms with E-state index in [0.29, 0.717) is 28.2 Å². The number of likely N-dealkylation sites (N-methyl/N-ethyl adjacent to an activating group) is 1. The second-order valence-electron chi connectivity index (χ2n) is 10.0. The molecule has 1 aliphatic rings. The third-order valence-corrected chi connectivity index (χ3v) is 7.59. The molecule has 0 fully saturated rings. The standard InChI is InChI=1S/C31H28FN5O3/c1-4-36-29-26(19(2)34-37(29)24-8-6-5-7-9-24)27(20-10-13-23(32)14-11-20)31(40,30(36)39)33-28(38)22-12-15-25-21(18-22)16-17-35(25)3/h5-18,27,40H,4H2,1-3H3,(H,33,38)/t27-,31-/m0/s1. The summed E-state index contributed by atoms with van der Waals surface area (Å²) in [5.74, 6) is -2.33. The number of rotatable bonds is 5. The Hall–Kier alpha value is -4.76. The minimum atomic E-state index is -2.38. The van der Waals surface area contributed by atoms with Crippen LogP contribution < -0.4 is 10.2 Å². The van der Waals surface area contributed by atoms with E-state index < -0.39 is 29.3 Å². The lowest BCUT2D eigenvalue weighted by Crippen LogP contribution is -2.66. The van der Waals surface area contributed by atoms with Crippen LogP contribution in [0.25, 0.3) is 16.6 Å². The van der Waals surface area contributed by atoms with Crippen molar-refractivity contribution >= 4 is 28.5 Å². The molecular formula is C31H28FN5O3. The highest BCUT2D eigenvalue weighted by Gasteiger charge is 2.56. The van der Waals surface area contributed by atoms with Gasteiger partial charge in [-0.1, -0.05) is 30.3 Å². The Morgan fingerprint density at radius 3 is 2.50 bits per heavy atom. The summed E-state index contributed by atoms with van der Waals surface area (Å²) >= 11 is 0. The van der Waals surface area contributed by atoms with Crippen LogP contribution in [-0.4, -0.2) is 43.5 Å². The summed E-state index contributed by atoms with van der Waals surface area (Å²) in [5, 5.41) is 20.5. The van der Waals surface area contributed by atoms with Gasteiger partial charge in [0.2, 0.25) is 5.72 Å². The monoisotopic (exact) mass is 537 g/mol. The van der Waals surface area contributed by atoms with Crippen LogP contribution in [0.5, 0.6) is 0 Å². The van der Waals surface area contributed by atoms with E-state index in [0.717, 1.165) is 16.6 Å². The second-order valence-corrected chi connectivity index (χ2v) is 10.0. The number of nitrogens with one attached hydrogen (secondary N) is 1. The predicted molar refractivity (Wildman–Crippen MR) is 150 cm³/mol. The van der Waals surface area contributed by atoms with Crippen molar-refractivity contribution < 1.29 is 19.1 Å². The number of anilines is 1. The zero-order valence-corrected chi connectivity index (χ0v) is 22.3. The smallest absolute Gasteiger partial charge is 0.282 e. The van der Waals surface area contributed by atoms with Crippen LogP contribution >= 0.6 is 0 Å². The molecule has 3 aromatic carbocycles. The van der Waals surface area contributed by atoms with Gasteiger partial charge in [0, 0.05) is 41.8 Å². The van der Waals surface area contributed by atoms with Gasteiger partial charge in [-0.2, -0.15) is 5.10 Å². The van der Waals surface area contributed by atoms with E-state index in [1.54, 1.807) is 30.7 Å². The van der Waals surface area contributed by atoms with Crippen molar-refractivity contribution in [3.63, 3.8) is 0 Å². The molecule has 202 valence electrons. The summed E-state index contributed by atoms with van der Waals surface area (Å²) in [4.78, 5) is 29.3. The Kier molecular flexibility index (Phi) is 6.03. The van der Waals surface area contributed by atoms with Gasteiger partial charge in [-0.15, -0.1) is 0 Å². The number of hydrogen-bond donors (Lipinski definition) is 2. The minimum absolute atomic E-state index is 0.216. The van der Waals surface area contributed by atoms with Crippen LogP contribution in [0, 0.1) is 12.7 Å². The molecule has 0 radical (unpaired) electrons. The number of carbonyl (C=O) groups is 2. The number of hydrogen-bond acceptors (Lipinski definition) is 4. The van der Waals surface area contributed by atoms with Crippen molar-refractivity contribution in [3.8, 4) is 5.69 Å². The number of nitrogens with zero attached hydrogens (tertiary/aromatic N) is 4. The lowest BCUT2D eigenvalue weighted by molar-refractivity contribution is -0.142. The molecule has 1 aliphatic heterocycles. The number of benzene rings is 3. The number of fused-ring (bicyclic) bond motifs is 2. The Morgan fingerprint density at radius 2 is 1.80 bits per heavy atom. The van der Waals surface area contributed by atoms with E-state index >= 15 is 0 Å². The van der Waals surface area contributed by atoms with Crippen LogP contribution in [-0.2, 0) is 11.8 Å². The van der Waals surface area contributed by atoms with Gasteiger partial charge >= 0.3 is 0 Å². The number of halogens is 1. The van der Waals surface area contributed by atoms with Gasteiger partial charge in [-0.05, 0) is 67.9 Å². The molecule has 0 aliphatic carbocycles. The van der Waals surface area contributed by atoms with E-state index in [9.17, 15) is 19.1 Å². The number of para-hydroxylation sites is 1. The SMILES string of the molecule is CCN1C(=O)[C@](O)(NC(=O)c2ccc3c(ccn3C)c2)[C@@H](c2ccc(F)cc2)c2c(C)nn(-c3ccccc3)c21. The first kappa shape index (κ1) is 25.5. The van der Waals surface area contributed by atoms with Crippen molar-refractivity contribution in [3.05, 3.63) is 113 Å². The Balaban J connectivity index is 1.53. The molecule has 0 saturated carbocycles. The van der Waals surface area contributed by atoms with E-state index in [1.165, 1.54) is 29.2 Å². The first-order chi connectivity index (χ1) is 19.2. The van der Waals surface area contributed by atoms with E-state index in [4.69, 9.17) is 5.10 Å². The topological polar surface area (TPSA) is 92.4 Å². The van der Waals surface area contributed by atoms with Gasteiger partial charge in [0.15, 0.2) is 0 Å². The Labute approximate surface area is 230 Å². The summed E-state index contributed by atoms with van der Waals surface area (Å²) in [6.45, 7) is 3.81. The first-order valence-electron chi connectivity index (χ1n) is 13.0. The summed E-state index contributed by atoms with van der Waals surface area (Å²) in [6, 6.07) is 22.0. The van der Waals surface area contributed by atoms with Crippen LogP contribution in [0.1, 0.15) is 40.0 Å². The molecular weight excluding hydrogens is 509 g/mol. The van der Waals surface area contributed by atoms with Crippen molar-refractivity contribution in [2.75, 3.05) is 11.4 Å². The van der Waals surface area contributed by atoms with Crippen LogP contribution in [0.4, 0.5) is 10.2 Å². The average molecular weight is 538 g/mol.